The third-order valence-corrected chi connectivity index (χ3v) is 3.99. The van der Waals surface area contributed by atoms with E-state index >= 15 is 0 Å². The van der Waals surface area contributed by atoms with Crippen LogP contribution < -0.4 is 10.6 Å². The first-order valence-electron chi connectivity index (χ1n) is 6.42. The fourth-order valence-corrected chi connectivity index (χ4v) is 2.81. The van der Waals surface area contributed by atoms with Gasteiger partial charge in [0.1, 0.15) is 6.17 Å². The van der Waals surface area contributed by atoms with Gasteiger partial charge in [-0.1, -0.05) is 26.2 Å². The zero-order valence-corrected chi connectivity index (χ0v) is 9.64. The second-order valence-corrected chi connectivity index (χ2v) is 5.03. The molecule has 2 rings (SSSR count). The Kier molecular flexibility index (Phi) is 3.98. The molecule has 0 spiro atoms. The van der Waals surface area contributed by atoms with Crippen molar-refractivity contribution in [2.75, 3.05) is 13.1 Å². The van der Waals surface area contributed by atoms with Crippen molar-refractivity contribution in [1.82, 2.24) is 10.6 Å². The van der Waals surface area contributed by atoms with Gasteiger partial charge in [-0.05, 0) is 18.8 Å². The van der Waals surface area contributed by atoms with Crippen molar-refractivity contribution in [3.8, 4) is 0 Å². The largest absolute Gasteiger partial charge is 0.301 e. The lowest BCUT2D eigenvalue weighted by Gasteiger charge is -2.39. The fraction of sp³-hybridized carbons (Fsp3) is 1.00. The van der Waals surface area contributed by atoms with E-state index in [4.69, 9.17) is 0 Å². The molecule has 2 unspecified atom stereocenters. The molecule has 2 nitrogen and oxygen atoms in total. The smallest absolute Gasteiger partial charge is 0.106 e. The van der Waals surface area contributed by atoms with Gasteiger partial charge < -0.3 is 10.6 Å². The highest BCUT2D eigenvalue weighted by atomic mass is 19.1. The van der Waals surface area contributed by atoms with Crippen molar-refractivity contribution >= 4 is 0 Å². The summed E-state index contributed by atoms with van der Waals surface area (Å²) in [5.74, 6) is 0.930. The molecule has 1 heterocycles. The second-order valence-electron chi connectivity index (χ2n) is 5.03. The molecular formula is C12H23FN2. The van der Waals surface area contributed by atoms with Gasteiger partial charge in [0.25, 0.3) is 0 Å². The van der Waals surface area contributed by atoms with Crippen molar-refractivity contribution < 1.29 is 4.39 Å². The van der Waals surface area contributed by atoms with Crippen LogP contribution in [-0.2, 0) is 0 Å². The summed E-state index contributed by atoms with van der Waals surface area (Å²) >= 11 is 0. The quantitative estimate of drug-likeness (QED) is 0.735. The number of nitrogens with one attached hydrogen (secondary N) is 2. The van der Waals surface area contributed by atoms with Crippen LogP contribution in [0.4, 0.5) is 4.39 Å². The van der Waals surface area contributed by atoms with Crippen LogP contribution in [0.3, 0.4) is 0 Å². The van der Waals surface area contributed by atoms with E-state index in [1.165, 1.54) is 12.8 Å². The lowest BCUT2D eigenvalue weighted by molar-refractivity contribution is 0.0971. The SMILES string of the molecule is CCC1CNC(C2CCCCC2F)NC1. The van der Waals surface area contributed by atoms with Gasteiger partial charge in [0.05, 0.1) is 6.17 Å². The Labute approximate surface area is 92.0 Å². The van der Waals surface area contributed by atoms with E-state index < -0.39 is 6.17 Å². The molecule has 15 heavy (non-hydrogen) atoms. The molecule has 0 aromatic rings. The van der Waals surface area contributed by atoms with E-state index in [-0.39, 0.29) is 12.1 Å². The predicted molar refractivity (Wildman–Crippen MR) is 60.4 cm³/mol. The Bertz CT molecular complexity index is 190. The molecule has 1 aliphatic heterocycles. The van der Waals surface area contributed by atoms with Crippen LogP contribution in [0, 0.1) is 11.8 Å². The Hall–Kier alpha value is -0.150. The van der Waals surface area contributed by atoms with Gasteiger partial charge in [-0.3, -0.25) is 0 Å². The average Bonchev–Trinajstić information content (AvgIpc) is 2.30. The number of hydrogen-bond donors (Lipinski definition) is 2. The minimum atomic E-state index is -0.595. The summed E-state index contributed by atoms with van der Waals surface area (Å²) in [6.07, 6.45) is 4.91. The Morgan fingerprint density at radius 2 is 1.80 bits per heavy atom. The van der Waals surface area contributed by atoms with Crippen LogP contribution in [0.25, 0.3) is 0 Å². The van der Waals surface area contributed by atoms with Gasteiger partial charge in [0, 0.05) is 19.0 Å². The van der Waals surface area contributed by atoms with Crippen molar-refractivity contribution in [2.24, 2.45) is 11.8 Å². The Balaban J connectivity index is 1.83. The highest BCUT2D eigenvalue weighted by Gasteiger charge is 2.33. The lowest BCUT2D eigenvalue weighted by Crippen LogP contribution is -2.58. The van der Waals surface area contributed by atoms with E-state index in [0.29, 0.717) is 0 Å². The number of alkyl halides is 1. The van der Waals surface area contributed by atoms with Crippen LogP contribution in [-0.4, -0.2) is 25.4 Å². The summed E-state index contributed by atoms with van der Waals surface area (Å²) < 4.78 is 13.7. The molecule has 0 amide bonds. The summed E-state index contributed by atoms with van der Waals surface area (Å²) in [6.45, 7) is 4.32. The van der Waals surface area contributed by atoms with Crippen LogP contribution in [0.15, 0.2) is 0 Å². The molecule has 0 radical (unpaired) electrons. The van der Waals surface area contributed by atoms with E-state index in [1.54, 1.807) is 0 Å². The van der Waals surface area contributed by atoms with Crippen molar-refractivity contribution in [3.05, 3.63) is 0 Å². The van der Waals surface area contributed by atoms with Crippen molar-refractivity contribution in [3.63, 3.8) is 0 Å². The maximum atomic E-state index is 13.7. The van der Waals surface area contributed by atoms with Crippen LogP contribution in [0.1, 0.15) is 39.0 Å². The standard InChI is InChI=1S/C12H23FN2/c1-2-9-7-14-12(15-8-9)10-5-3-4-6-11(10)13/h9-12,14-15H,2-8H2,1H3. The molecule has 2 aliphatic rings. The first-order chi connectivity index (χ1) is 7.31. The minimum absolute atomic E-state index is 0.205. The maximum absolute atomic E-state index is 13.7. The average molecular weight is 214 g/mol. The maximum Gasteiger partial charge on any atom is 0.106 e. The van der Waals surface area contributed by atoms with Gasteiger partial charge in [-0.2, -0.15) is 0 Å². The molecular weight excluding hydrogens is 191 g/mol. The molecule has 88 valence electrons. The lowest BCUT2D eigenvalue weighted by atomic mass is 9.84. The minimum Gasteiger partial charge on any atom is -0.301 e. The third-order valence-electron chi connectivity index (χ3n) is 3.99. The molecule has 3 heteroatoms. The normalized spacial score (nSPS) is 42.8. The first kappa shape index (κ1) is 11.3. The Morgan fingerprint density at radius 3 is 2.40 bits per heavy atom. The van der Waals surface area contributed by atoms with Gasteiger partial charge in [0.15, 0.2) is 0 Å². The molecule has 0 bridgehead atoms. The van der Waals surface area contributed by atoms with Gasteiger partial charge in [-0.15, -0.1) is 0 Å². The summed E-state index contributed by atoms with van der Waals surface area (Å²) in [5, 5.41) is 6.94. The third kappa shape index (κ3) is 2.70. The number of rotatable bonds is 2. The van der Waals surface area contributed by atoms with Gasteiger partial charge in [-0.25, -0.2) is 4.39 Å². The summed E-state index contributed by atoms with van der Waals surface area (Å²) in [5.41, 5.74) is 0. The Morgan fingerprint density at radius 1 is 1.13 bits per heavy atom. The van der Waals surface area contributed by atoms with Gasteiger partial charge >= 0.3 is 0 Å². The van der Waals surface area contributed by atoms with Crippen molar-refractivity contribution in [1.29, 1.82) is 0 Å². The molecule has 0 aromatic heterocycles. The van der Waals surface area contributed by atoms with E-state index in [1.807, 2.05) is 0 Å². The summed E-state index contributed by atoms with van der Waals surface area (Å²) in [4.78, 5) is 0. The van der Waals surface area contributed by atoms with E-state index in [2.05, 4.69) is 17.6 Å². The van der Waals surface area contributed by atoms with Gasteiger partial charge in [0.2, 0.25) is 0 Å². The zero-order valence-electron chi connectivity index (χ0n) is 9.64. The molecule has 0 aromatic carbocycles. The van der Waals surface area contributed by atoms with Crippen LogP contribution in [0.5, 0.6) is 0 Å². The molecule has 2 N–H and O–H groups in total. The first-order valence-corrected chi connectivity index (χ1v) is 6.42. The fourth-order valence-electron chi connectivity index (χ4n) is 2.81. The number of hydrogen-bond acceptors (Lipinski definition) is 2. The molecule has 1 saturated carbocycles. The second kappa shape index (κ2) is 5.26. The molecule has 2 fully saturated rings. The highest BCUT2D eigenvalue weighted by Crippen LogP contribution is 2.29. The van der Waals surface area contributed by atoms with Crippen molar-refractivity contribution in [2.45, 2.75) is 51.4 Å². The summed E-state index contributed by atoms with van der Waals surface area (Å²) in [6, 6.07) is 0. The van der Waals surface area contributed by atoms with E-state index in [0.717, 1.165) is 38.3 Å². The van der Waals surface area contributed by atoms with E-state index in [9.17, 15) is 4.39 Å². The van der Waals surface area contributed by atoms with Crippen LogP contribution in [0.2, 0.25) is 0 Å². The predicted octanol–water partition coefficient (Wildman–Crippen LogP) is 2.06. The molecule has 2 atom stereocenters. The monoisotopic (exact) mass is 214 g/mol. The van der Waals surface area contributed by atoms with Crippen LogP contribution >= 0.6 is 0 Å². The highest BCUT2D eigenvalue weighted by molar-refractivity contribution is 4.87. The summed E-state index contributed by atoms with van der Waals surface area (Å²) in [7, 11) is 0. The number of halogens is 1. The molecule has 1 saturated heterocycles. The topological polar surface area (TPSA) is 24.1 Å². The molecule has 1 aliphatic carbocycles. The zero-order chi connectivity index (χ0) is 10.7.